The summed E-state index contributed by atoms with van der Waals surface area (Å²) in [6.45, 7) is 5.82. The Morgan fingerprint density at radius 2 is 2.17 bits per heavy atom. The number of hydrogen-bond acceptors (Lipinski definition) is 4. The van der Waals surface area contributed by atoms with Crippen molar-refractivity contribution in [3.8, 4) is 11.5 Å². The van der Waals surface area contributed by atoms with E-state index in [-0.39, 0.29) is 11.8 Å². The fourth-order valence-corrected chi connectivity index (χ4v) is 1.79. The number of aromatic hydroxyl groups is 1. The maximum absolute atomic E-state index is 9.95. The Kier molecular flexibility index (Phi) is 6.25. The summed E-state index contributed by atoms with van der Waals surface area (Å²) in [7, 11) is 1.50. The number of phenolic OH excluding ortho intramolecular Hbond substituents is 1. The van der Waals surface area contributed by atoms with Crippen LogP contribution in [0.4, 0.5) is 0 Å². The van der Waals surface area contributed by atoms with E-state index >= 15 is 0 Å². The third-order valence-corrected chi connectivity index (χ3v) is 2.77. The van der Waals surface area contributed by atoms with Crippen molar-refractivity contribution < 1.29 is 14.6 Å². The van der Waals surface area contributed by atoms with E-state index in [4.69, 9.17) is 21.1 Å². The number of halogens is 1. The molecule has 0 aliphatic heterocycles. The number of hydrogen-bond donors (Lipinski definition) is 2. The zero-order valence-electron chi connectivity index (χ0n) is 11.0. The first-order valence-corrected chi connectivity index (χ1v) is 6.32. The second kappa shape index (κ2) is 7.46. The summed E-state index contributed by atoms with van der Waals surface area (Å²) >= 11 is 5.96. The van der Waals surface area contributed by atoms with Gasteiger partial charge in [-0.3, -0.25) is 0 Å². The van der Waals surface area contributed by atoms with Crippen molar-refractivity contribution in [2.75, 3.05) is 20.3 Å². The van der Waals surface area contributed by atoms with Gasteiger partial charge in [0.1, 0.15) is 0 Å². The molecule has 102 valence electrons. The lowest BCUT2D eigenvalue weighted by atomic mass is 10.1. The molecule has 0 aromatic heterocycles. The van der Waals surface area contributed by atoms with Gasteiger partial charge in [0, 0.05) is 35.8 Å². The molecule has 0 saturated heterocycles. The molecule has 18 heavy (non-hydrogen) atoms. The number of benzene rings is 1. The molecule has 0 heterocycles. The van der Waals surface area contributed by atoms with Gasteiger partial charge in [0.15, 0.2) is 11.5 Å². The molecule has 5 heteroatoms. The zero-order valence-corrected chi connectivity index (χ0v) is 11.8. The predicted molar refractivity (Wildman–Crippen MR) is 72.5 cm³/mol. The Morgan fingerprint density at radius 3 is 2.78 bits per heavy atom. The van der Waals surface area contributed by atoms with Crippen molar-refractivity contribution >= 4 is 11.6 Å². The number of nitrogens with one attached hydrogen (secondary N) is 1. The van der Waals surface area contributed by atoms with E-state index in [1.807, 2.05) is 13.8 Å². The van der Waals surface area contributed by atoms with E-state index in [2.05, 4.69) is 5.32 Å². The van der Waals surface area contributed by atoms with Crippen molar-refractivity contribution in [1.29, 1.82) is 0 Å². The molecule has 0 fully saturated rings. The van der Waals surface area contributed by atoms with Crippen molar-refractivity contribution in [3.05, 3.63) is 22.7 Å². The number of ether oxygens (including phenoxy) is 2. The van der Waals surface area contributed by atoms with Crippen LogP contribution in [0.15, 0.2) is 12.1 Å². The fourth-order valence-electron chi connectivity index (χ4n) is 1.56. The third kappa shape index (κ3) is 4.37. The van der Waals surface area contributed by atoms with Crippen molar-refractivity contribution in [2.24, 2.45) is 0 Å². The fraction of sp³-hybridized carbons (Fsp3) is 0.538. The first-order valence-electron chi connectivity index (χ1n) is 5.95. The molecule has 1 atom stereocenters. The average molecular weight is 274 g/mol. The Labute approximate surface area is 113 Å². The minimum Gasteiger partial charge on any atom is -0.504 e. The molecule has 0 amide bonds. The van der Waals surface area contributed by atoms with Gasteiger partial charge in [-0.15, -0.1) is 0 Å². The number of phenols is 1. The van der Waals surface area contributed by atoms with Gasteiger partial charge in [-0.2, -0.15) is 0 Å². The molecule has 0 aliphatic rings. The molecule has 1 unspecified atom stereocenters. The standard InChI is InChI=1S/C13H20ClNO3/c1-4-18-8-9(2)15-7-10-5-11(14)6-12(17-3)13(10)16/h5-6,9,15-16H,4,7-8H2,1-3H3. The van der Waals surface area contributed by atoms with Crippen LogP contribution in [0.3, 0.4) is 0 Å². The van der Waals surface area contributed by atoms with Crippen LogP contribution in [-0.4, -0.2) is 31.5 Å². The van der Waals surface area contributed by atoms with Crippen LogP contribution in [0.5, 0.6) is 11.5 Å². The molecular formula is C13H20ClNO3. The smallest absolute Gasteiger partial charge is 0.162 e. The van der Waals surface area contributed by atoms with Crippen LogP contribution in [0.25, 0.3) is 0 Å². The molecule has 0 saturated carbocycles. The van der Waals surface area contributed by atoms with Gasteiger partial charge in [-0.1, -0.05) is 11.6 Å². The average Bonchev–Trinajstić information content (AvgIpc) is 2.36. The molecule has 2 N–H and O–H groups in total. The van der Waals surface area contributed by atoms with Gasteiger partial charge in [-0.05, 0) is 19.9 Å². The molecule has 1 aromatic rings. The van der Waals surface area contributed by atoms with Crippen LogP contribution in [0, 0.1) is 0 Å². The largest absolute Gasteiger partial charge is 0.504 e. The summed E-state index contributed by atoms with van der Waals surface area (Å²) < 4.78 is 10.4. The van der Waals surface area contributed by atoms with E-state index < -0.39 is 0 Å². The number of rotatable bonds is 7. The summed E-state index contributed by atoms with van der Waals surface area (Å²) in [6, 6.07) is 3.51. The van der Waals surface area contributed by atoms with E-state index in [9.17, 15) is 5.11 Å². The van der Waals surface area contributed by atoms with E-state index in [0.717, 1.165) is 0 Å². The highest BCUT2D eigenvalue weighted by molar-refractivity contribution is 6.30. The minimum atomic E-state index is 0.123. The lowest BCUT2D eigenvalue weighted by Gasteiger charge is -2.15. The van der Waals surface area contributed by atoms with Crippen molar-refractivity contribution in [2.45, 2.75) is 26.4 Å². The lowest BCUT2D eigenvalue weighted by molar-refractivity contribution is 0.127. The maximum Gasteiger partial charge on any atom is 0.162 e. The molecule has 4 nitrogen and oxygen atoms in total. The molecule has 0 spiro atoms. The predicted octanol–water partition coefficient (Wildman–Crippen LogP) is 2.57. The summed E-state index contributed by atoms with van der Waals surface area (Å²) in [5.74, 6) is 0.509. The van der Waals surface area contributed by atoms with Crippen molar-refractivity contribution in [3.63, 3.8) is 0 Å². The maximum atomic E-state index is 9.95. The summed E-state index contributed by atoms with van der Waals surface area (Å²) in [5, 5.41) is 13.7. The molecule has 1 rings (SSSR count). The molecular weight excluding hydrogens is 254 g/mol. The monoisotopic (exact) mass is 273 g/mol. The highest BCUT2D eigenvalue weighted by atomic mass is 35.5. The van der Waals surface area contributed by atoms with Crippen LogP contribution in [-0.2, 0) is 11.3 Å². The summed E-state index contributed by atoms with van der Waals surface area (Å²) in [5.41, 5.74) is 0.711. The Hall–Kier alpha value is -0.970. The van der Waals surface area contributed by atoms with Crippen molar-refractivity contribution in [1.82, 2.24) is 5.32 Å². The Balaban J connectivity index is 2.64. The highest BCUT2D eigenvalue weighted by Crippen LogP contribution is 2.33. The Morgan fingerprint density at radius 1 is 1.44 bits per heavy atom. The van der Waals surface area contributed by atoms with E-state index in [0.29, 0.717) is 36.1 Å². The van der Waals surface area contributed by atoms with Gasteiger partial charge in [-0.25, -0.2) is 0 Å². The highest BCUT2D eigenvalue weighted by Gasteiger charge is 2.11. The lowest BCUT2D eigenvalue weighted by Crippen LogP contribution is -2.30. The molecule has 0 bridgehead atoms. The second-order valence-electron chi connectivity index (χ2n) is 4.06. The van der Waals surface area contributed by atoms with Gasteiger partial charge in [0.05, 0.1) is 13.7 Å². The second-order valence-corrected chi connectivity index (χ2v) is 4.49. The van der Waals surface area contributed by atoms with Gasteiger partial charge in [0.25, 0.3) is 0 Å². The van der Waals surface area contributed by atoms with Crippen LogP contribution in [0.1, 0.15) is 19.4 Å². The first kappa shape index (κ1) is 15.1. The quantitative estimate of drug-likeness (QED) is 0.802. The summed E-state index contributed by atoms with van der Waals surface area (Å²) in [4.78, 5) is 0. The zero-order chi connectivity index (χ0) is 13.5. The van der Waals surface area contributed by atoms with Gasteiger partial charge < -0.3 is 19.9 Å². The number of methoxy groups -OCH3 is 1. The Bertz CT molecular complexity index is 385. The minimum absolute atomic E-state index is 0.123. The van der Waals surface area contributed by atoms with Gasteiger partial charge >= 0.3 is 0 Å². The van der Waals surface area contributed by atoms with Crippen LogP contribution < -0.4 is 10.1 Å². The molecule has 0 radical (unpaired) electrons. The summed E-state index contributed by atoms with van der Waals surface area (Å²) in [6.07, 6.45) is 0. The van der Waals surface area contributed by atoms with E-state index in [1.54, 1.807) is 12.1 Å². The van der Waals surface area contributed by atoms with E-state index in [1.165, 1.54) is 7.11 Å². The molecule has 1 aromatic carbocycles. The van der Waals surface area contributed by atoms with Crippen LogP contribution in [0.2, 0.25) is 5.02 Å². The first-order chi connectivity index (χ1) is 8.58. The SMILES string of the molecule is CCOCC(C)NCc1cc(Cl)cc(OC)c1O. The third-order valence-electron chi connectivity index (χ3n) is 2.55. The van der Waals surface area contributed by atoms with Crippen LogP contribution >= 0.6 is 11.6 Å². The topological polar surface area (TPSA) is 50.7 Å². The van der Waals surface area contributed by atoms with Gasteiger partial charge in [0.2, 0.25) is 0 Å². The molecule has 0 aliphatic carbocycles. The normalized spacial score (nSPS) is 12.4.